The van der Waals surface area contributed by atoms with Crippen LogP contribution in [0.2, 0.25) is 0 Å². The van der Waals surface area contributed by atoms with E-state index in [1.165, 1.54) is 11.0 Å². The van der Waals surface area contributed by atoms with E-state index in [4.69, 9.17) is 4.74 Å². The Kier molecular flexibility index (Phi) is 6.27. The van der Waals surface area contributed by atoms with E-state index in [0.29, 0.717) is 0 Å². The fourth-order valence-electron chi connectivity index (χ4n) is 1.86. The molecule has 0 bridgehead atoms. The summed E-state index contributed by atoms with van der Waals surface area (Å²) in [5.41, 5.74) is -0.294. The maximum absolute atomic E-state index is 13.6. The van der Waals surface area contributed by atoms with E-state index in [1.807, 2.05) is 0 Å². The van der Waals surface area contributed by atoms with Crippen LogP contribution in [0.4, 0.5) is 8.78 Å². The predicted octanol–water partition coefficient (Wildman–Crippen LogP) is 2.31. The van der Waals surface area contributed by atoms with Crippen LogP contribution in [0.1, 0.15) is 26.3 Å². The van der Waals surface area contributed by atoms with Crippen LogP contribution in [0.3, 0.4) is 0 Å². The molecular formula is C15H19F2NO3. The van der Waals surface area contributed by atoms with E-state index < -0.39 is 29.9 Å². The second-order valence-electron chi connectivity index (χ2n) is 4.80. The van der Waals surface area contributed by atoms with Gasteiger partial charge in [0.05, 0.1) is 13.0 Å². The third-order valence-corrected chi connectivity index (χ3v) is 2.94. The van der Waals surface area contributed by atoms with E-state index in [0.717, 1.165) is 12.1 Å². The Balaban J connectivity index is 2.85. The van der Waals surface area contributed by atoms with Crippen LogP contribution in [0.5, 0.6) is 0 Å². The fourth-order valence-corrected chi connectivity index (χ4v) is 1.86. The highest BCUT2D eigenvalue weighted by Crippen LogP contribution is 2.14. The lowest BCUT2D eigenvalue weighted by Gasteiger charge is -2.26. The van der Waals surface area contributed by atoms with Crippen molar-refractivity contribution in [3.05, 3.63) is 35.4 Å². The van der Waals surface area contributed by atoms with Gasteiger partial charge in [0.2, 0.25) is 5.91 Å². The number of esters is 1. The molecule has 0 aliphatic heterocycles. The number of benzene rings is 1. The minimum Gasteiger partial charge on any atom is -0.465 e. The van der Waals surface area contributed by atoms with Crippen LogP contribution in [0.25, 0.3) is 0 Å². The molecule has 1 aromatic rings. The summed E-state index contributed by atoms with van der Waals surface area (Å²) in [6, 6.07) is 3.14. The van der Waals surface area contributed by atoms with Crippen molar-refractivity contribution in [2.24, 2.45) is 0 Å². The number of hydrogen-bond acceptors (Lipinski definition) is 3. The maximum atomic E-state index is 13.6. The zero-order valence-corrected chi connectivity index (χ0v) is 12.4. The molecule has 0 aliphatic carbocycles. The van der Waals surface area contributed by atoms with Gasteiger partial charge in [0.1, 0.15) is 18.2 Å². The van der Waals surface area contributed by atoms with Gasteiger partial charge in [-0.1, -0.05) is 6.07 Å². The van der Waals surface area contributed by atoms with E-state index in [2.05, 4.69) is 0 Å². The van der Waals surface area contributed by atoms with Gasteiger partial charge in [0, 0.05) is 11.6 Å². The smallest absolute Gasteiger partial charge is 0.325 e. The molecule has 0 aromatic heterocycles. The van der Waals surface area contributed by atoms with Gasteiger partial charge in [0.15, 0.2) is 0 Å². The lowest BCUT2D eigenvalue weighted by atomic mass is 10.1. The summed E-state index contributed by atoms with van der Waals surface area (Å²) in [5, 5.41) is 0. The van der Waals surface area contributed by atoms with Crippen molar-refractivity contribution in [3.8, 4) is 0 Å². The van der Waals surface area contributed by atoms with Gasteiger partial charge in [-0.05, 0) is 32.9 Å². The molecule has 0 unspecified atom stereocenters. The molecule has 0 radical (unpaired) electrons. The van der Waals surface area contributed by atoms with Gasteiger partial charge in [-0.15, -0.1) is 0 Å². The van der Waals surface area contributed by atoms with Gasteiger partial charge in [-0.2, -0.15) is 0 Å². The predicted molar refractivity (Wildman–Crippen MR) is 73.5 cm³/mol. The van der Waals surface area contributed by atoms with Gasteiger partial charge in [-0.25, -0.2) is 8.78 Å². The van der Waals surface area contributed by atoms with E-state index >= 15 is 0 Å². The molecule has 0 saturated heterocycles. The van der Waals surface area contributed by atoms with Crippen LogP contribution in [-0.4, -0.2) is 36.0 Å². The van der Waals surface area contributed by atoms with E-state index in [-0.39, 0.29) is 24.8 Å². The summed E-state index contributed by atoms with van der Waals surface area (Å²) >= 11 is 0. The summed E-state index contributed by atoms with van der Waals surface area (Å²) in [7, 11) is 0. The highest BCUT2D eigenvalue weighted by molar-refractivity contribution is 5.83. The number of nitrogens with zero attached hydrogens (tertiary/aromatic N) is 1. The minimum absolute atomic E-state index is 0.209. The molecule has 0 spiro atoms. The molecule has 1 amide bonds. The summed E-state index contributed by atoms with van der Waals surface area (Å²) in [4.78, 5) is 24.9. The van der Waals surface area contributed by atoms with Crippen molar-refractivity contribution in [1.29, 1.82) is 0 Å². The monoisotopic (exact) mass is 299 g/mol. The second-order valence-corrected chi connectivity index (χ2v) is 4.80. The van der Waals surface area contributed by atoms with Crippen LogP contribution >= 0.6 is 0 Å². The fraction of sp³-hybridized carbons (Fsp3) is 0.467. The molecule has 6 heteroatoms. The van der Waals surface area contributed by atoms with Crippen molar-refractivity contribution < 1.29 is 23.1 Å². The summed E-state index contributed by atoms with van der Waals surface area (Å²) in [6.45, 7) is 5.07. The second kappa shape index (κ2) is 7.71. The molecular weight excluding hydrogens is 280 g/mol. The molecule has 0 N–H and O–H groups in total. The first-order chi connectivity index (χ1) is 9.86. The number of rotatable bonds is 6. The minimum atomic E-state index is -0.775. The van der Waals surface area contributed by atoms with E-state index in [9.17, 15) is 18.4 Å². The average Bonchev–Trinajstić information content (AvgIpc) is 2.40. The Labute approximate surface area is 122 Å². The molecule has 0 aliphatic rings. The zero-order valence-electron chi connectivity index (χ0n) is 12.4. The SMILES string of the molecule is CCOC(=O)CN(C(=O)Cc1c(F)cccc1F)C(C)C. The molecule has 4 nitrogen and oxygen atoms in total. The van der Waals surface area contributed by atoms with Crippen molar-refractivity contribution >= 4 is 11.9 Å². The Morgan fingerprint density at radius 2 is 1.81 bits per heavy atom. The highest BCUT2D eigenvalue weighted by atomic mass is 19.1. The number of halogens is 2. The highest BCUT2D eigenvalue weighted by Gasteiger charge is 2.23. The molecule has 116 valence electrons. The van der Waals surface area contributed by atoms with E-state index in [1.54, 1.807) is 20.8 Å². The van der Waals surface area contributed by atoms with Gasteiger partial charge in [-0.3, -0.25) is 9.59 Å². The maximum Gasteiger partial charge on any atom is 0.325 e. The summed E-state index contributed by atoms with van der Waals surface area (Å²) in [5.74, 6) is -2.62. The number of amides is 1. The Morgan fingerprint density at radius 3 is 2.29 bits per heavy atom. The largest absolute Gasteiger partial charge is 0.465 e. The Bertz CT molecular complexity index is 497. The van der Waals surface area contributed by atoms with Gasteiger partial charge in [0.25, 0.3) is 0 Å². The van der Waals surface area contributed by atoms with Crippen molar-refractivity contribution in [2.45, 2.75) is 33.2 Å². The van der Waals surface area contributed by atoms with Crippen LogP contribution < -0.4 is 0 Å². The first-order valence-electron chi connectivity index (χ1n) is 6.74. The third kappa shape index (κ3) is 4.81. The topological polar surface area (TPSA) is 46.6 Å². The summed E-state index contributed by atoms with van der Waals surface area (Å²) < 4.78 is 31.9. The standard InChI is InChI=1S/C15H19F2NO3/c1-4-21-15(20)9-18(10(2)3)14(19)8-11-12(16)6-5-7-13(11)17/h5-7,10H,4,8-9H2,1-3H3. The molecule has 1 aromatic carbocycles. The Morgan fingerprint density at radius 1 is 1.24 bits per heavy atom. The molecule has 0 saturated carbocycles. The molecule has 0 heterocycles. The molecule has 1 rings (SSSR count). The third-order valence-electron chi connectivity index (χ3n) is 2.94. The molecule has 0 atom stereocenters. The van der Waals surface area contributed by atoms with Crippen molar-refractivity contribution in [3.63, 3.8) is 0 Å². The van der Waals surface area contributed by atoms with Crippen molar-refractivity contribution in [1.82, 2.24) is 4.90 Å². The van der Waals surface area contributed by atoms with Gasteiger partial charge < -0.3 is 9.64 Å². The lowest BCUT2D eigenvalue weighted by molar-refractivity contribution is -0.149. The quantitative estimate of drug-likeness (QED) is 0.757. The first-order valence-corrected chi connectivity index (χ1v) is 6.74. The number of carbonyl (C=O) groups excluding carboxylic acids is 2. The number of carbonyl (C=O) groups is 2. The van der Waals surface area contributed by atoms with Crippen molar-refractivity contribution in [2.75, 3.05) is 13.2 Å². The van der Waals surface area contributed by atoms with Crippen LogP contribution in [0.15, 0.2) is 18.2 Å². The molecule has 21 heavy (non-hydrogen) atoms. The average molecular weight is 299 g/mol. The molecule has 0 fully saturated rings. The summed E-state index contributed by atoms with van der Waals surface area (Å²) in [6.07, 6.45) is -0.434. The first kappa shape index (κ1) is 17.1. The zero-order chi connectivity index (χ0) is 16.0. The number of ether oxygens (including phenoxy) is 1. The van der Waals surface area contributed by atoms with Gasteiger partial charge >= 0.3 is 5.97 Å². The van der Waals surface area contributed by atoms with Crippen LogP contribution in [-0.2, 0) is 20.7 Å². The number of hydrogen-bond donors (Lipinski definition) is 0. The normalized spacial score (nSPS) is 10.6. The van der Waals surface area contributed by atoms with Crippen LogP contribution in [0, 0.1) is 11.6 Å². The lowest BCUT2D eigenvalue weighted by Crippen LogP contribution is -2.42. The Hall–Kier alpha value is -1.98.